The van der Waals surface area contributed by atoms with Gasteiger partial charge in [-0.3, -0.25) is 9.59 Å². The third kappa shape index (κ3) is 3.92. The van der Waals surface area contributed by atoms with Gasteiger partial charge in [-0.2, -0.15) is 0 Å². The van der Waals surface area contributed by atoms with Crippen LogP contribution in [-0.4, -0.2) is 34.8 Å². The summed E-state index contributed by atoms with van der Waals surface area (Å²) in [6, 6.07) is 22.6. The van der Waals surface area contributed by atoms with Gasteiger partial charge >= 0.3 is 0 Å². The van der Waals surface area contributed by atoms with Crippen molar-refractivity contribution in [3.05, 3.63) is 95.2 Å². The first-order chi connectivity index (χ1) is 16.6. The maximum absolute atomic E-state index is 13.4. The van der Waals surface area contributed by atoms with Gasteiger partial charge in [0.1, 0.15) is 12.3 Å². The monoisotopic (exact) mass is 453 g/mol. The first-order valence-electron chi connectivity index (χ1n) is 11.6. The average molecular weight is 454 g/mol. The van der Waals surface area contributed by atoms with Crippen molar-refractivity contribution in [2.45, 2.75) is 26.3 Å². The molecule has 1 aliphatic heterocycles. The van der Waals surface area contributed by atoms with Crippen molar-refractivity contribution in [2.24, 2.45) is 0 Å². The maximum Gasteiger partial charge on any atom is 0.255 e. The second-order valence-electron chi connectivity index (χ2n) is 8.55. The number of H-pyrrole nitrogens is 1. The Labute approximate surface area is 198 Å². The number of carbonyl (C=O) groups is 2. The van der Waals surface area contributed by atoms with Gasteiger partial charge in [0.25, 0.3) is 5.91 Å². The molecule has 3 aromatic carbocycles. The predicted octanol–water partition coefficient (Wildman–Crippen LogP) is 5.45. The van der Waals surface area contributed by atoms with Crippen molar-refractivity contribution in [3.63, 3.8) is 0 Å². The summed E-state index contributed by atoms with van der Waals surface area (Å²) >= 11 is 0. The Bertz CT molecular complexity index is 1360. The Kier molecular flexibility index (Phi) is 5.80. The molecular formula is C28H27N3O3. The molecular weight excluding hydrogens is 426 g/mol. The number of ether oxygens (including phenoxy) is 1. The van der Waals surface area contributed by atoms with E-state index >= 15 is 0 Å². The summed E-state index contributed by atoms with van der Waals surface area (Å²) in [7, 11) is 0. The van der Waals surface area contributed by atoms with E-state index in [0.717, 1.165) is 39.9 Å². The fourth-order valence-electron chi connectivity index (χ4n) is 4.70. The van der Waals surface area contributed by atoms with E-state index in [9.17, 15) is 9.59 Å². The average Bonchev–Trinajstić information content (AvgIpc) is 3.31. The molecule has 2 heterocycles. The van der Waals surface area contributed by atoms with Gasteiger partial charge in [-0.25, -0.2) is 0 Å². The van der Waals surface area contributed by atoms with E-state index in [1.54, 1.807) is 4.90 Å². The van der Waals surface area contributed by atoms with Crippen LogP contribution in [0.1, 0.15) is 46.6 Å². The molecule has 1 atom stereocenters. The van der Waals surface area contributed by atoms with E-state index < -0.39 is 0 Å². The highest BCUT2D eigenvalue weighted by Gasteiger charge is 2.40. The zero-order valence-corrected chi connectivity index (χ0v) is 19.3. The number of hydrogen-bond donors (Lipinski definition) is 2. The summed E-state index contributed by atoms with van der Waals surface area (Å²) in [5.74, 6) is 0.384. The summed E-state index contributed by atoms with van der Waals surface area (Å²) in [6.07, 6.45) is 0.932. The van der Waals surface area contributed by atoms with E-state index in [-0.39, 0.29) is 24.4 Å². The van der Waals surface area contributed by atoms with Gasteiger partial charge < -0.3 is 19.9 Å². The quantitative estimate of drug-likeness (QED) is 0.391. The Balaban J connectivity index is 1.43. The number of rotatable bonds is 7. The Morgan fingerprint density at radius 1 is 1.03 bits per heavy atom. The van der Waals surface area contributed by atoms with Gasteiger partial charge in [-0.05, 0) is 55.3 Å². The lowest BCUT2D eigenvalue weighted by Crippen LogP contribution is -2.36. The molecule has 5 rings (SSSR count). The molecule has 4 aromatic rings. The van der Waals surface area contributed by atoms with Gasteiger partial charge in [-0.1, -0.05) is 43.3 Å². The molecule has 0 spiro atoms. The molecule has 2 N–H and O–H groups in total. The minimum atomic E-state index is -0.338. The van der Waals surface area contributed by atoms with Crippen LogP contribution in [0.3, 0.4) is 0 Å². The number of hydrogen-bond acceptors (Lipinski definition) is 3. The lowest BCUT2D eigenvalue weighted by atomic mass is 9.95. The maximum atomic E-state index is 13.4. The van der Waals surface area contributed by atoms with E-state index in [1.165, 1.54) is 0 Å². The zero-order valence-electron chi connectivity index (χ0n) is 19.3. The number of anilines is 1. The summed E-state index contributed by atoms with van der Waals surface area (Å²) < 4.78 is 5.61. The van der Waals surface area contributed by atoms with E-state index in [0.29, 0.717) is 17.9 Å². The van der Waals surface area contributed by atoms with Crippen molar-refractivity contribution in [1.82, 2.24) is 9.88 Å². The van der Waals surface area contributed by atoms with Gasteiger partial charge in [0, 0.05) is 33.4 Å². The van der Waals surface area contributed by atoms with Crippen LogP contribution >= 0.6 is 0 Å². The number of nitrogens with zero attached hydrogens (tertiary/aromatic N) is 1. The van der Waals surface area contributed by atoms with Gasteiger partial charge in [0.2, 0.25) is 5.91 Å². The highest BCUT2D eigenvalue weighted by atomic mass is 16.5. The van der Waals surface area contributed by atoms with Gasteiger partial charge in [-0.15, -0.1) is 0 Å². The number of amides is 2. The molecule has 172 valence electrons. The third-order valence-electron chi connectivity index (χ3n) is 6.20. The predicted molar refractivity (Wildman–Crippen MR) is 133 cm³/mol. The SMILES string of the molecule is CCCOc1ccc(NC(=O)CN2C(=O)c3ccccc3C2c2c(C)[nH]c3ccccc23)cc1. The topological polar surface area (TPSA) is 74.4 Å². The fraction of sp³-hybridized carbons (Fsp3) is 0.214. The molecule has 1 aliphatic rings. The largest absolute Gasteiger partial charge is 0.494 e. The molecule has 0 radical (unpaired) electrons. The van der Waals surface area contributed by atoms with Crippen LogP contribution in [0.2, 0.25) is 0 Å². The van der Waals surface area contributed by atoms with Crippen LogP contribution in [0.4, 0.5) is 5.69 Å². The van der Waals surface area contributed by atoms with Crippen molar-refractivity contribution in [1.29, 1.82) is 0 Å². The Morgan fingerprint density at radius 2 is 1.76 bits per heavy atom. The number of nitrogens with one attached hydrogen (secondary N) is 2. The van der Waals surface area contributed by atoms with Crippen LogP contribution in [0.5, 0.6) is 5.75 Å². The van der Waals surface area contributed by atoms with Crippen LogP contribution in [0.15, 0.2) is 72.8 Å². The van der Waals surface area contributed by atoms with Crippen LogP contribution < -0.4 is 10.1 Å². The van der Waals surface area contributed by atoms with Gasteiger partial charge in [0.05, 0.1) is 12.6 Å². The summed E-state index contributed by atoms with van der Waals surface area (Å²) in [6.45, 7) is 4.67. The molecule has 0 saturated carbocycles. The minimum Gasteiger partial charge on any atom is -0.494 e. The van der Waals surface area contributed by atoms with Crippen LogP contribution in [0, 0.1) is 6.92 Å². The van der Waals surface area contributed by atoms with E-state index in [4.69, 9.17) is 4.74 Å². The van der Waals surface area contributed by atoms with Crippen LogP contribution in [0.25, 0.3) is 10.9 Å². The first kappa shape index (κ1) is 21.8. The zero-order chi connectivity index (χ0) is 23.7. The van der Waals surface area contributed by atoms with Crippen molar-refractivity contribution in [2.75, 3.05) is 18.5 Å². The Hall–Kier alpha value is -4.06. The van der Waals surface area contributed by atoms with Crippen molar-refractivity contribution >= 4 is 28.4 Å². The van der Waals surface area contributed by atoms with E-state index in [1.807, 2.05) is 73.7 Å². The number of para-hydroxylation sites is 1. The molecule has 1 unspecified atom stereocenters. The number of aryl methyl sites for hydroxylation is 1. The molecule has 2 amide bonds. The standard InChI is InChI=1S/C28H27N3O3/c1-3-16-34-20-14-12-19(13-15-20)30-25(32)17-31-27(21-8-4-5-9-22(21)28(31)33)26-18(2)29-24-11-7-6-10-23(24)26/h4-15,27,29H,3,16-17H2,1-2H3,(H,30,32). The molecule has 0 fully saturated rings. The lowest BCUT2D eigenvalue weighted by molar-refractivity contribution is -0.117. The Morgan fingerprint density at radius 3 is 2.56 bits per heavy atom. The summed E-state index contributed by atoms with van der Waals surface area (Å²) in [5.41, 5.74) is 5.26. The molecule has 0 aliphatic carbocycles. The normalized spacial score (nSPS) is 14.9. The number of fused-ring (bicyclic) bond motifs is 2. The number of aromatic amines is 1. The number of benzene rings is 3. The smallest absolute Gasteiger partial charge is 0.255 e. The fourth-order valence-corrected chi connectivity index (χ4v) is 4.70. The summed E-state index contributed by atoms with van der Waals surface area (Å²) in [5, 5.41) is 3.98. The van der Waals surface area contributed by atoms with Crippen LogP contribution in [-0.2, 0) is 4.79 Å². The highest BCUT2D eigenvalue weighted by Crippen LogP contribution is 2.42. The first-order valence-corrected chi connectivity index (χ1v) is 11.6. The minimum absolute atomic E-state index is 0.0504. The lowest BCUT2D eigenvalue weighted by Gasteiger charge is -2.25. The number of carbonyl (C=O) groups excluding carboxylic acids is 2. The summed E-state index contributed by atoms with van der Waals surface area (Å²) in [4.78, 5) is 31.5. The molecule has 34 heavy (non-hydrogen) atoms. The molecule has 6 heteroatoms. The van der Waals surface area contributed by atoms with E-state index in [2.05, 4.69) is 23.3 Å². The molecule has 0 saturated heterocycles. The second kappa shape index (κ2) is 9.06. The highest BCUT2D eigenvalue weighted by molar-refractivity contribution is 6.04. The molecule has 0 bridgehead atoms. The molecule has 1 aromatic heterocycles. The number of aromatic nitrogens is 1. The van der Waals surface area contributed by atoms with Crippen molar-refractivity contribution in [3.8, 4) is 5.75 Å². The second-order valence-corrected chi connectivity index (χ2v) is 8.55. The molecule has 6 nitrogen and oxygen atoms in total. The third-order valence-corrected chi connectivity index (χ3v) is 6.20. The van der Waals surface area contributed by atoms with Crippen molar-refractivity contribution < 1.29 is 14.3 Å². The van der Waals surface area contributed by atoms with Gasteiger partial charge in [0.15, 0.2) is 0 Å².